The zero-order chi connectivity index (χ0) is 15.0. The second kappa shape index (κ2) is 9.21. The van der Waals surface area contributed by atoms with Gasteiger partial charge in [0.1, 0.15) is 0 Å². The topological polar surface area (TPSA) is 42.5 Å². The number of rotatable bonds is 9. The molecule has 1 aromatic carbocycles. The molecule has 0 amide bonds. The van der Waals surface area contributed by atoms with E-state index in [0.717, 1.165) is 47.6 Å². The van der Waals surface area contributed by atoms with Crippen molar-refractivity contribution in [3.63, 3.8) is 0 Å². The van der Waals surface area contributed by atoms with E-state index in [1.165, 1.54) is 0 Å². The summed E-state index contributed by atoms with van der Waals surface area (Å²) in [6, 6.07) is 3.92. The molecule has 5 heteroatoms. The molecule has 0 aromatic heterocycles. The summed E-state index contributed by atoms with van der Waals surface area (Å²) in [5, 5.41) is 6.58. The third kappa shape index (κ3) is 5.31. The Morgan fingerprint density at radius 1 is 1.25 bits per heavy atom. The highest BCUT2D eigenvalue weighted by Crippen LogP contribution is 2.36. The van der Waals surface area contributed by atoms with Crippen LogP contribution in [0.15, 0.2) is 16.6 Å². The number of nitrogens with one attached hydrogen (secondary N) is 2. The molecule has 0 bridgehead atoms. The van der Waals surface area contributed by atoms with E-state index in [9.17, 15) is 0 Å². The summed E-state index contributed by atoms with van der Waals surface area (Å²) in [6.07, 6.45) is 1.21. The number of methoxy groups -OCH3 is 1. The molecule has 0 aliphatic carbocycles. The molecule has 0 atom stereocenters. The van der Waals surface area contributed by atoms with E-state index in [4.69, 9.17) is 9.47 Å². The largest absolute Gasteiger partial charge is 0.493 e. The summed E-state index contributed by atoms with van der Waals surface area (Å²) in [5.41, 5.74) is 1.10. The Balaban J connectivity index is 2.80. The molecular weight excluding hydrogens is 320 g/mol. The SMILES string of the molecule is CNCCCNCc1c(Br)ccc(OC)c1OC(C)C. The first-order valence-electron chi connectivity index (χ1n) is 6.97. The monoisotopic (exact) mass is 344 g/mol. The van der Waals surface area contributed by atoms with Crippen LogP contribution in [0.4, 0.5) is 0 Å². The first-order valence-corrected chi connectivity index (χ1v) is 7.76. The van der Waals surface area contributed by atoms with E-state index in [1.807, 2.05) is 33.0 Å². The lowest BCUT2D eigenvalue weighted by molar-refractivity contribution is 0.227. The number of benzene rings is 1. The van der Waals surface area contributed by atoms with Crippen molar-refractivity contribution in [2.24, 2.45) is 0 Å². The second-order valence-electron chi connectivity index (χ2n) is 4.86. The fraction of sp³-hybridized carbons (Fsp3) is 0.600. The normalized spacial score (nSPS) is 10.9. The van der Waals surface area contributed by atoms with Crippen LogP contribution in [-0.4, -0.2) is 33.4 Å². The van der Waals surface area contributed by atoms with Crippen molar-refractivity contribution >= 4 is 15.9 Å². The Bertz CT molecular complexity index is 411. The summed E-state index contributed by atoms with van der Waals surface area (Å²) in [5.74, 6) is 1.59. The van der Waals surface area contributed by atoms with Gasteiger partial charge < -0.3 is 20.1 Å². The molecule has 0 saturated heterocycles. The minimum atomic E-state index is 0.112. The maximum Gasteiger partial charge on any atom is 0.167 e. The fourth-order valence-corrected chi connectivity index (χ4v) is 2.33. The van der Waals surface area contributed by atoms with Gasteiger partial charge in [0, 0.05) is 16.6 Å². The van der Waals surface area contributed by atoms with Gasteiger partial charge in [0.15, 0.2) is 11.5 Å². The minimum absolute atomic E-state index is 0.112. The summed E-state index contributed by atoms with van der Waals surface area (Å²) in [4.78, 5) is 0. The van der Waals surface area contributed by atoms with E-state index in [0.29, 0.717) is 0 Å². The highest BCUT2D eigenvalue weighted by molar-refractivity contribution is 9.10. The molecule has 4 nitrogen and oxygen atoms in total. The minimum Gasteiger partial charge on any atom is -0.493 e. The Morgan fingerprint density at radius 3 is 2.60 bits per heavy atom. The number of ether oxygens (including phenoxy) is 2. The van der Waals surface area contributed by atoms with Crippen LogP contribution < -0.4 is 20.1 Å². The van der Waals surface area contributed by atoms with Crippen molar-refractivity contribution in [1.82, 2.24) is 10.6 Å². The molecule has 1 rings (SSSR count). The molecule has 0 aliphatic heterocycles. The third-order valence-electron chi connectivity index (χ3n) is 2.82. The first kappa shape index (κ1) is 17.3. The van der Waals surface area contributed by atoms with Crippen molar-refractivity contribution in [3.05, 3.63) is 22.2 Å². The zero-order valence-corrected chi connectivity index (χ0v) is 14.3. The van der Waals surface area contributed by atoms with Gasteiger partial charge >= 0.3 is 0 Å². The van der Waals surface area contributed by atoms with Crippen LogP contribution in [-0.2, 0) is 6.54 Å². The van der Waals surface area contributed by atoms with Gasteiger partial charge in [-0.25, -0.2) is 0 Å². The number of hydrogen-bond donors (Lipinski definition) is 2. The molecule has 0 heterocycles. The van der Waals surface area contributed by atoms with Crippen LogP contribution in [0.3, 0.4) is 0 Å². The van der Waals surface area contributed by atoms with Gasteiger partial charge in [-0.15, -0.1) is 0 Å². The Labute approximate surface area is 130 Å². The maximum atomic E-state index is 5.92. The second-order valence-corrected chi connectivity index (χ2v) is 5.71. The molecule has 0 saturated carbocycles. The molecule has 1 aromatic rings. The number of halogens is 1. The van der Waals surface area contributed by atoms with E-state index < -0.39 is 0 Å². The van der Waals surface area contributed by atoms with Crippen molar-refractivity contribution in [1.29, 1.82) is 0 Å². The van der Waals surface area contributed by atoms with E-state index >= 15 is 0 Å². The Kier molecular flexibility index (Phi) is 7.95. The highest BCUT2D eigenvalue weighted by Gasteiger charge is 2.15. The van der Waals surface area contributed by atoms with Gasteiger partial charge in [0.2, 0.25) is 0 Å². The molecule has 20 heavy (non-hydrogen) atoms. The average molecular weight is 345 g/mol. The molecule has 0 spiro atoms. The smallest absolute Gasteiger partial charge is 0.167 e. The molecule has 0 unspecified atom stereocenters. The van der Waals surface area contributed by atoms with Crippen molar-refractivity contribution in [2.45, 2.75) is 32.9 Å². The number of hydrogen-bond acceptors (Lipinski definition) is 4. The van der Waals surface area contributed by atoms with Crippen molar-refractivity contribution < 1.29 is 9.47 Å². The highest BCUT2D eigenvalue weighted by atomic mass is 79.9. The lowest BCUT2D eigenvalue weighted by atomic mass is 10.1. The molecule has 0 aliphatic rings. The summed E-state index contributed by atoms with van der Waals surface area (Å²) < 4.78 is 12.4. The molecule has 0 fully saturated rings. The molecule has 2 N–H and O–H groups in total. The Hall–Kier alpha value is -0.780. The summed E-state index contributed by atoms with van der Waals surface area (Å²) in [7, 11) is 3.63. The molecule has 114 valence electrons. The van der Waals surface area contributed by atoms with E-state index in [1.54, 1.807) is 7.11 Å². The van der Waals surface area contributed by atoms with Gasteiger partial charge in [-0.3, -0.25) is 0 Å². The molecule has 0 radical (unpaired) electrons. The van der Waals surface area contributed by atoms with Crippen LogP contribution >= 0.6 is 15.9 Å². The van der Waals surface area contributed by atoms with E-state index in [2.05, 4.69) is 26.6 Å². The van der Waals surface area contributed by atoms with Gasteiger partial charge in [-0.1, -0.05) is 15.9 Å². The lowest BCUT2D eigenvalue weighted by Crippen LogP contribution is -2.20. The van der Waals surface area contributed by atoms with Gasteiger partial charge in [-0.05, 0) is 52.5 Å². The predicted molar refractivity (Wildman–Crippen MR) is 86.7 cm³/mol. The predicted octanol–water partition coefficient (Wildman–Crippen LogP) is 2.94. The van der Waals surface area contributed by atoms with Crippen LogP contribution in [0, 0.1) is 0 Å². The zero-order valence-electron chi connectivity index (χ0n) is 12.8. The van der Waals surface area contributed by atoms with Crippen molar-refractivity contribution in [3.8, 4) is 11.5 Å². The summed E-state index contributed by atoms with van der Waals surface area (Å²) in [6.45, 7) is 6.77. The maximum absolute atomic E-state index is 5.92. The summed E-state index contributed by atoms with van der Waals surface area (Å²) >= 11 is 3.60. The van der Waals surface area contributed by atoms with Crippen LogP contribution in [0.1, 0.15) is 25.8 Å². The van der Waals surface area contributed by atoms with E-state index in [-0.39, 0.29) is 6.10 Å². The lowest BCUT2D eigenvalue weighted by Gasteiger charge is -2.19. The fourth-order valence-electron chi connectivity index (χ4n) is 1.88. The Morgan fingerprint density at radius 2 is 2.00 bits per heavy atom. The molecular formula is C15H25BrN2O2. The van der Waals surface area contributed by atoms with Crippen LogP contribution in [0.25, 0.3) is 0 Å². The first-order chi connectivity index (χ1) is 9.60. The quantitative estimate of drug-likeness (QED) is 0.676. The standard InChI is InChI=1S/C15H25BrN2O2/c1-11(2)20-15-12(10-18-9-5-8-17-3)13(16)6-7-14(15)19-4/h6-7,11,17-18H,5,8-10H2,1-4H3. The van der Waals surface area contributed by atoms with Gasteiger partial charge in [0.05, 0.1) is 13.2 Å². The van der Waals surface area contributed by atoms with Crippen LogP contribution in [0.2, 0.25) is 0 Å². The van der Waals surface area contributed by atoms with Crippen molar-refractivity contribution in [2.75, 3.05) is 27.2 Å². The third-order valence-corrected chi connectivity index (χ3v) is 3.57. The van der Waals surface area contributed by atoms with Crippen LogP contribution in [0.5, 0.6) is 11.5 Å². The van der Waals surface area contributed by atoms with Gasteiger partial charge in [0.25, 0.3) is 0 Å². The van der Waals surface area contributed by atoms with Gasteiger partial charge in [-0.2, -0.15) is 0 Å². The average Bonchev–Trinajstić information content (AvgIpc) is 2.41.